The van der Waals surface area contributed by atoms with Crippen LogP contribution in [0.15, 0.2) is 0 Å². The fraction of sp³-hybridized carbons (Fsp3) is 0.900. The van der Waals surface area contributed by atoms with E-state index in [1.54, 1.807) is 0 Å². The lowest BCUT2D eigenvalue weighted by atomic mass is 9.66. The van der Waals surface area contributed by atoms with E-state index in [-0.39, 0.29) is 16.7 Å². The van der Waals surface area contributed by atoms with Gasteiger partial charge in [-0.05, 0) is 24.2 Å². The summed E-state index contributed by atoms with van der Waals surface area (Å²) in [6, 6.07) is 0. The molecular formula is C10H20N2O. The predicted octanol–water partition coefficient (Wildman–Crippen LogP) is 1.44. The minimum Gasteiger partial charge on any atom is -0.294 e. The Bertz CT molecular complexity index is 225. The molecule has 0 heterocycles. The molecule has 2 atom stereocenters. The highest BCUT2D eigenvalue weighted by molar-refractivity contribution is 5.83. The number of rotatable bonds is 1. The molecule has 1 aliphatic carbocycles. The number of nitrogens with one attached hydrogen (secondary N) is 1. The second-order valence-electron chi connectivity index (χ2n) is 4.97. The first-order chi connectivity index (χ1) is 5.86. The fourth-order valence-electron chi connectivity index (χ4n) is 2.30. The Balaban J connectivity index is 2.98. The number of hydrogen-bond acceptors (Lipinski definition) is 2. The normalized spacial score (nSPS) is 37.5. The van der Waals surface area contributed by atoms with E-state index in [9.17, 15) is 4.79 Å². The van der Waals surface area contributed by atoms with Crippen LogP contribution in [0.1, 0.15) is 40.5 Å². The molecular weight excluding hydrogens is 164 g/mol. The molecule has 1 amide bonds. The maximum Gasteiger partial charge on any atom is 0.240 e. The molecule has 0 aliphatic heterocycles. The van der Waals surface area contributed by atoms with Crippen LogP contribution in [0.2, 0.25) is 0 Å². The number of nitrogens with two attached hydrogens (primary N) is 1. The number of hydrazine groups is 1. The van der Waals surface area contributed by atoms with E-state index in [0.717, 1.165) is 12.8 Å². The molecule has 1 fully saturated rings. The number of carbonyl (C=O) groups excluding carboxylic acids is 1. The molecule has 0 aromatic carbocycles. The largest absolute Gasteiger partial charge is 0.294 e. The third-order valence-electron chi connectivity index (χ3n) is 4.36. The van der Waals surface area contributed by atoms with Crippen LogP contribution in [0.5, 0.6) is 0 Å². The van der Waals surface area contributed by atoms with Gasteiger partial charge in [-0.25, -0.2) is 5.84 Å². The van der Waals surface area contributed by atoms with Crippen molar-refractivity contribution in [1.29, 1.82) is 0 Å². The Labute approximate surface area is 80.0 Å². The van der Waals surface area contributed by atoms with Crippen LogP contribution in [0.25, 0.3) is 0 Å². The monoisotopic (exact) mass is 184 g/mol. The van der Waals surface area contributed by atoms with E-state index in [0.29, 0.717) is 5.92 Å². The summed E-state index contributed by atoms with van der Waals surface area (Å²) in [4.78, 5) is 11.7. The standard InChI is InChI=1S/C10H20N2O/c1-7-5-6-10(4,8(13)12-11)9(7,2)3/h7H,5-6,11H2,1-4H3,(H,12,13)/t7-,10-/m0/s1. The van der Waals surface area contributed by atoms with Crippen molar-refractivity contribution in [3.63, 3.8) is 0 Å². The second kappa shape index (κ2) is 2.98. The van der Waals surface area contributed by atoms with Crippen LogP contribution in [0.3, 0.4) is 0 Å². The number of carbonyl (C=O) groups is 1. The summed E-state index contributed by atoms with van der Waals surface area (Å²) in [5.41, 5.74) is 2.02. The highest BCUT2D eigenvalue weighted by Gasteiger charge is 2.53. The minimum absolute atomic E-state index is 0.0261. The summed E-state index contributed by atoms with van der Waals surface area (Å²) in [7, 11) is 0. The van der Waals surface area contributed by atoms with Crippen LogP contribution in [-0.4, -0.2) is 5.91 Å². The van der Waals surface area contributed by atoms with E-state index in [4.69, 9.17) is 5.84 Å². The van der Waals surface area contributed by atoms with Gasteiger partial charge in [0.15, 0.2) is 0 Å². The average molecular weight is 184 g/mol. The van der Waals surface area contributed by atoms with Crippen LogP contribution < -0.4 is 11.3 Å². The summed E-state index contributed by atoms with van der Waals surface area (Å²) < 4.78 is 0. The van der Waals surface area contributed by atoms with Crippen molar-refractivity contribution in [2.24, 2.45) is 22.6 Å². The molecule has 3 heteroatoms. The lowest BCUT2D eigenvalue weighted by Crippen LogP contribution is -2.48. The van der Waals surface area contributed by atoms with Crippen LogP contribution in [0.4, 0.5) is 0 Å². The molecule has 0 radical (unpaired) electrons. The molecule has 13 heavy (non-hydrogen) atoms. The van der Waals surface area contributed by atoms with Gasteiger partial charge in [-0.2, -0.15) is 0 Å². The van der Waals surface area contributed by atoms with Crippen molar-refractivity contribution >= 4 is 5.91 Å². The Hall–Kier alpha value is -0.570. The zero-order valence-corrected chi connectivity index (χ0v) is 8.98. The van der Waals surface area contributed by atoms with Crippen LogP contribution in [0, 0.1) is 16.7 Å². The van der Waals surface area contributed by atoms with Gasteiger partial charge in [-0.1, -0.05) is 27.7 Å². The van der Waals surface area contributed by atoms with Gasteiger partial charge in [0.05, 0.1) is 5.41 Å². The third kappa shape index (κ3) is 1.26. The molecule has 1 saturated carbocycles. The summed E-state index contributed by atoms with van der Waals surface area (Å²) in [6.07, 6.45) is 2.04. The molecule has 0 bridgehead atoms. The molecule has 0 spiro atoms. The van der Waals surface area contributed by atoms with Crippen molar-refractivity contribution in [3.05, 3.63) is 0 Å². The van der Waals surface area contributed by atoms with Gasteiger partial charge in [-0.15, -0.1) is 0 Å². The van der Waals surface area contributed by atoms with Gasteiger partial charge in [0.1, 0.15) is 0 Å². The quantitative estimate of drug-likeness (QED) is 0.368. The third-order valence-corrected chi connectivity index (χ3v) is 4.36. The molecule has 0 aromatic rings. The summed E-state index contributed by atoms with van der Waals surface area (Å²) in [5.74, 6) is 5.76. The van der Waals surface area contributed by atoms with Crippen molar-refractivity contribution < 1.29 is 4.79 Å². The summed E-state index contributed by atoms with van der Waals surface area (Å²) in [5, 5.41) is 0. The van der Waals surface area contributed by atoms with Crippen molar-refractivity contribution in [2.45, 2.75) is 40.5 Å². The molecule has 3 nitrogen and oxygen atoms in total. The number of amides is 1. The first-order valence-electron chi connectivity index (χ1n) is 4.87. The molecule has 1 rings (SSSR count). The molecule has 76 valence electrons. The molecule has 0 unspecified atom stereocenters. The molecule has 0 aromatic heterocycles. The van der Waals surface area contributed by atoms with Gasteiger partial charge in [-0.3, -0.25) is 10.2 Å². The van der Waals surface area contributed by atoms with E-state index in [1.807, 2.05) is 6.92 Å². The van der Waals surface area contributed by atoms with E-state index >= 15 is 0 Å². The maximum atomic E-state index is 11.7. The van der Waals surface area contributed by atoms with Crippen LogP contribution >= 0.6 is 0 Å². The summed E-state index contributed by atoms with van der Waals surface area (Å²) in [6.45, 7) is 8.52. The highest BCUT2D eigenvalue weighted by atomic mass is 16.2. The van der Waals surface area contributed by atoms with Crippen molar-refractivity contribution in [2.75, 3.05) is 0 Å². The zero-order valence-electron chi connectivity index (χ0n) is 8.98. The Morgan fingerprint density at radius 3 is 2.31 bits per heavy atom. The SMILES string of the molecule is C[C@H]1CC[C@@](C)(C(=O)NN)C1(C)C. The fourth-order valence-corrected chi connectivity index (χ4v) is 2.30. The highest BCUT2D eigenvalue weighted by Crippen LogP contribution is 2.55. The molecule has 3 N–H and O–H groups in total. The van der Waals surface area contributed by atoms with Gasteiger partial charge in [0.2, 0.25) is 5.91 Å². The van der Waals surface area contributed by atoms with E-state index in [2.05, 4.69) is 26.2 Å². The van der Waals surface area contributed by atoms with E-state index in [1.165, 1.54) is 0 Å². The minimum atomic E-state index is -0.304. The van der Waals surface area contributed by atoms with Gasteiger partial charge in [0.25, 0.3) is 0 Å². The van der Waals surface area contributed by atoms with Gasteiger partial charge in [0, 0.05) is 0 Å². The first kappa shape index (κ1) is 10.5. The smallest absolute Gasteiger partial charge is 0.240 e. The van der Waals surface area contributed by atoms with E-state index < -0.39 is 0 Å². The average Bonchev–Trinajstić information content (AvgIpc) is 2.29. The van der Waals surface area contributed by atoms with Crippen molar-refractivity contribution in [3.8, 4) is 0 Å². The van der Waals surface area contributed by atoms with Crippen molar-refractivity contribution in [1.82, 2.24) is 5.43 Å². The Morgan fingerprint density at radius 2 is 2.00 bits per heavy atom. The molecule has 1 aliphatic rings. The summed E-state index contributed by atoms with van der Waals surface area (Å²) >= 11 is 0. The first-order valence-corrected chi connectivity index (χ1v) is 4.87. The topological polar surface area (TPSA) is 55.1 Å². The zero-order chi connectivity index (χ0) is 10.3. The Kier molecular flexibility index (Phi) is 2.41. The maximum absolute atomic E-state index is 11.7. The second-order valence-corrected chi connectivity index (χ2v) is 4.97. The number of hydrogen-bond donors (Lipinski definition) is 2. The Morgan fingerprint density at radius 1 is 1.46 bits per heavy atom. The van der Waals surface area contributed by atoms with Crippen LogP contribution in [-0.2, 0) is 4.79 Å². The lowest BCUT2D eigenvalue weighted by Gasteiger charge is -2.39. The molecule has 0 saturated heterocycles. The lowest BCUT2D eigenvalue weighted by molar-refractivity contribution is -0.136. The van der Waals surface area contributed by atoms with Gasteiger partial charge < -0.3 is 0 Å². The predicted molar refractivity (Wildman–Crippen MR) is 52.6 cm³/mol. The van der Waals surface area contributed by atoms with Gasteiger partial charge >= 0.3 is 0 Å².